The molecule has 1 amide bonds. The maximum Gasteiger partial charge on any atom is 0.320 e. The number of rotatable bonds is 8. The van der Waals surface area contributed by atoms with Crippen LogP contribution in [0, 0.1) is 0 Å². The average Bonchev–Trinajstić information content (AvgIpc) is 3.65. The molecule has 2 fully saturated rings. The summed E-state index contributed by atoms with van der Waals surface area (Å²) in [5.74, 6) is 0.443. The summed E-state index contributed by atoms with van der Waals surface area (Å²) in [6.45, 7) is 6.46. The van der Waals surface area contributed by atoms with Crippen molar-refractivity contribution < 1.29 is 14.3 Å². The van der Waals surface area contributed by atoms with Crippen molar-refractivity contribution in [2.45, 2.75) is 89.4 Å². The van der Waals surface area contributed by atoms with Gasteiger partial charge in [-0.2, -0.15) is 0 Å². The first-order valence-corrected chi connectivity index (χ1v) is 13.2. The second kappa shape index (κ2) is 11.1. The molecule has 1 N–H and O–H groups in total. The lowest BCUT2D eigenvalue weighted by Gasteiger charge is -2.37. The first kappa shape index (κ1) is 25.7. The van der Waals surface area contributed by atoms with Crippen molar-refractivity contribution in [2.75, 3.05) is 6.54 Å². The molecule has 0 unspecified atom stereocenters. The van der Waals surface area contributed by atoms with E-state index in [-0.39, 0.29) is 18.4 Å². The lowest BCUT2D eigenvalue weighted by molar-refractivity contribution is -0.153. The standard InChI is InChI=1S/C29H37ClN2O3/c1-29(2,3)35-27(33)19-31-18-20-4-6-21(7-5-20)22-10-14-25(15-11-22)32(26-16-17-26)28(34)23-8-12-24(30)13-9-23/h4-9,12-13,22,25-26,31H,10-11,14-19H2,1-3H3/t22-,25-. The van der Waals surface area contributed by atoms with Crippen LogP contribution in [-0.2, 0) is 16.1 Å². The van der Waals surface area contributed by atoms with E-state index in [2.05, 4.69) is 34.5 Å². The van der Waals surface area contributed by atoms with Crippen molar-refractivity contribution in [1.29, 1.82) is 0 Å². The zero-order chi connectivity index (χ0) is 25.0. The lowest BCUT2D eigenvalue weighted by atomic mass is 9.81. The van der Waals surface area contributed by atoms with E-state index in [0.717, 1.165) is 49.7 Å². The van der Waals surface area contributed by atoms with Gasteiger partial charge in [0.1, 0.15) is 5.60 Å². The minimum Gasteiger partial charge on any atom is -0.459 e. The van der Waals surface area contributed by atoms with Crippen LogP contribution in [0.2, 0.25) is 5.02 Å². The molecule has 2 aliphatic rings. The molecule has 35 heavy (non-hydrogen) atoms. The van der Waals surface area contributed by atoms with Crippen LogP contribution in [0.3, 0.4) is 0 Å². The van der Waals surface area contributed by atoms with Gasteiger partial charge in [0.15, 0.2) is 0 Å². The van der Waals surface area contributed by atoms with Gasteiger partial charge >= 0.3 is 5.97 Å². The molecule has 0 radical (unpaired) electrons. The van der Waals surface area contributed by atoms with E-state index in [4.69, 9.17) is 16.3 Å². The Kier molecular flexibility index (Phi) is 8.18. The van der Waals surface area contributed by atoms with Gasteiger partial charge in [-0.3, -0.25) is 9.59 Å². The average molecular weight is 497 g/mol. The Morgan fingerprint density at radius 1 is 0.914 bits per heavy atom. The molecule has 0 bridgehead atoms. The van der Waals surface area contributed by atoms with E-state index in [1.165, 1.54) is 5.56 Å². The molecule has 2 aliphatic carbocycles. The Morgan fingerprint density at radius 2 is 1.49 bits per heavy atom. The number of ether oxygens (including phenoxy) is 1. The first-order valence-electron chi connectivity index (χ1n) is 12.8. The smallest absolute Gasteiger partial charge is 0.320 e. The van der Waals surface area contributed by atoms with Crippen molar-refractivity contribution in [3.05, 3.63) is 70.2 Å². The molecule has 188 valence electrons. The van der Waals surface area contributed by atoms with Crippen molar-refractivity contribution in [2.24, 2.45) is 0 Å². The molecular weight excluding hydrogens is 460 g/mol. The molecular formula is C29H37ClN2O3. The summed E-state index contributed by atoms with van der Waals surface area (Å²) < 4.78 is 5.33. The van der Waals surface area contributed by atoms with Gasteiger partial charge in [0.05, 0.1) is 6.54 Å². The minimum atomic E-state index is -0.460. The van der Waals surface area contributed by atoms with Gasteiger partial charge < -0.3 is 15.0 Å². The molecule has 2 aromatic carbocycles. The second-order valence-corrected chi connectivity index (χ2v) is 11.3. The third-order valence-corrected chi connectivity index (χ3v) is 7.08. The molecule has 2 aromatic rings. The lowest BCUT2D eigenvalue weighted by Crippen LogP contribution is -2.43. The van der Waals surface area contributed by atoms with Gasteiger partial charge in [-0.25, -0.2) is 0 Å². The fourth-order valence-electron chi connectivity index (χ4n) is 5.01. The SMILES string of the molecule is CC(C)(C)OC(=O)CNCc1ccc([C@H]2CC[C@H](N(C(=O)c3ccc(Cl)cc3)C3CC3)CC2)cc1. The van der Waals surface area contributed by atoms with Gasteiger partial charge in [-0.15, -0.1) is 0 Å². The highest BCUT2D eigenvalue weighted by Crippen LogP contribution is 2.39. The summed E-state index contributed by atoms with van der Waals surface area (Å²) in [5.41, 5.74) is 2.79. The van der Waals surface area contributed by atoms with Crippen LogP contribution in [-0.4, -0.2) is 41.0 Å². The third kappa shape index (κ3) is 7.31. The maximum absolute atomic E-state index is 13.3. The van der Waals surface area contributed by atoms with Gasteiger partial charge in [0.2, 0.25) is 0 Å². The van der Waals surface area contributed by atoms with E-state index < -0.39 is 5.60 Å². The van der Waals surface area contributed by atoms with Crippen LogP contribution in [0.15, 0.2) is 48.5 Å². The van der Waals surface area contributed by atoms with Crippen LogP contribution in [0.25, 0.3) is 0 Å². The zero-order valence-corrected chi connectivity index (χ0v) is 21.8. The molecule has 2 saturated carbocycles. The topological polar surface area (TPSA) is 58.6 Å². The van der Waals surface area contributed by atoms with Gasteiger partial charge in [0, 0.05) is 29.2 Å². The second-order valence-electron chi connectivity index (χ2n) is 10.9. The Labute approximate surface area is 214 Å². The van der Waals surface area contributed by atoms with Crippen molar-refractivity contribution in [3.63, 3.8) is 0 Å². The summed E-state index contributed by atoms with van der Waals surface area (Å²) in [4.78, 5) is 27.3. The molecule has 4 rings (SSSR count). The molecule has 0 spiro atoms. The predicted molar refractivity (Wildman–Crippen MR) is 140 cm³/mol. The van der Waals surface area contributed by atoms with Crippen LogP contribution >= 0.6 is 11.6 Å². The van der Waals surface area contributed by atoms with E-state index in [1.54, 1.807) is 12.1 Å². The van der Waals surface area contributed by atoms with Gasteiger partial charge in [0.25, 0.3) is 5.91 Å². The maximum atomic E-state index is 13.3. The number of amides is 1. The van der Waals surface area contributed by atoms with Crippen LogP contribution in [0.5, 0.6) is 0 Å². The van der Waals surface area contributed by atoms with Crippen molar-refractivity contribution >= 4 is 23.5 Å². The molecule has 0 aromatic heterocycles. The molecule has 5 nitrogen and oxygen atoms in total. The molecule has 0 aliphatic heterocycles. The number of esters is 1. The molecule has 6 heteroatoms. The largest absolute Gasteiger partial charge is 0.459 e. The van der Waals surface area contributed by atoms with E-state index >= 15 is 0 Å². The highest BCUT2D eigenvalue weighted by atomic mass is 35.5. The first-order chi connectivity index (χ1) is 16.7. The van der Waals surface area contributed by atoms with Crippen molar-refractivity contribution in [3.8, 4) is 0 Å². The summed E-state index contributed by atoms with van der Waals surface area (Å²) >= 11 is 6.01. The summed E-state index contributed by atoms with van der Waals surface area (Å²) in [7, 11) is 0. The molecule has 0 heterocycles. The van der Waals surface area contributed by atoms with Crippen LogP contribution < -0.4 is 5.32 Å². The Morgan fingerprint density at radius 3 is 2.03 bits per heavy atom. The Bertz CT molecular complexity index is 1000. The Hall–Kier alpha value is -2.37. The third-order valence-electron chi connectivity index (χ3n) is 6.83. The highest BCUT2D eigenvalue weighted by Gasteiger charge is 2.39. The van der Waals surface area contributed by atoms with Crippen LogP contribution in [0.1, 0.15) is 86.7 Å². The number of carbonyl (C=O) groups is 2. The van der Waals surface area contributed by atoms with Crippen molar-refractivity contribution in [1.82, 2.24) is 10.2 Å². The molecule has 0 saturated heterocycles. The fourth-order valence-corrected chi connectivity index (χ4v) is 5.13. The predicted octanol–water partition coefficient (Wildman–Crippen LogP) is 6.10. The van der Waals surface area contributed by atoms with Gasteiger partial charge in [-0.05, 0) is 101 Å². The Balaban J connectivity index is 1.27. The van der Waals surface area contributed by atoms with Crippen LogP contribution in [0.4, 0.5) is 0 Å². The number of hydrogen-bond acceptors (Lipinski definition) is 4. The highest BCUT2D eigenvalue weighted by molar-refractivity contribution is 6.30. The number of nitrogens with zero attached hydrogens (tertiary/aromatic N) is 1. The normalized spacial score (nSPS) is 20.3. The fraction of sp³-hybridized carbons (Fsp3) is 0.517. The number of nitrogens with one attached hydrogen (secondary N) is 1. The number of hydrogen-bond donors (Lipinski definition) is 1. The zero-order valence-electron chi connectivity index (χ0n) is 21.1. The monoisotopic (exact) mass is 496 g/mol. The van der Waals surface area contributed by atoms with E-state index in [9.17, 15) is 9.59 Å². The summed E-state index contributed by atoms with van der Waals surface area (Å²) in [5, 5.41) is 3.82. The minimum absolute atomic E-state index is 0.149. The van der Waals surface area contributed by atoms with E-state index in [0.29, 0.717) is 29.6 Å². The van der Waals surface area contributed by atoms with E-state index in [1.807, 2.05) is 32.9 Å². The quantitative estimate of drug-likeness (QED) is 0.448. The summed E-state index contributed by atoms with van der Waals surface area (Å²) in [6.07, 6.45) is 6.50. The number of carbonyl (C=O) groups excluding carboxylic acids is 2. The molecule has 0 atom stereocenters. The van der Waals surface area contributed by atoms with Gasteiger partial charge in [-0.1, -0.05) is 35.9 Å². The number of halogens is 1. The number of benzene rings is 2. The summed E-state index contributed by atoms with van der Waals surface area (Å²) in [6, 6.07) is 16.7.